The molecular weight excluding hydrogens is 352 g/mol. The Morgan fingerprint density at radius 1 is 1.23 bits per heavy atom. The molecule has 138 valence electrons. The Morgan fingerprint density at radius 3 is 2.65 bits per heavy atom. The van der Waals surface area contributed by atoms with Gasteiger partial charge < -0.3 is 9.73 Å². The Labute approximate surface area is 153 Å². The normalized spacial score (nSPS) is 18.9. The monoisotopic (exact) mass is 374 g/mol. The fourth-order valence-electron chi connectivity index (χ4n) is 3.00. The van der Waals surface area contributed by atoms with Crippen molar-refractivity contribution in [2.45, 2.75) is 37.1 Å². The minimum atomic E-state index is -3.50. The number of nitrogens with one attached hydrogen (secondary N) is 1. The third-order valence-corrected chi connectivity index (χ3v) is 6.44. The smallest absolute Gasteiger partial charge is 0.248 e. The highest BCUT2D eigenvalue weighted by molar-refractivity contribution is 7.89. The summed E-state index contributed by atoms with van der Waals surface area (Å²) >= 11 is 0. The second-order valence-electron chi connectivity index (χ2n) is 6.32. The van der Waals surface area contributed by atoms with Crippen LogP contribution in [0.1, 0.15) is 31.9 Å². The lowest BCUT2D eigenvalue weighted by Gasteiger charge is -2.32. The number of amides is 1. The molecule has 1 aliphatic heterocycles. The van der Waals surface area contributed by atoms with Crippen molar-refractivity contribution in [1.82, 2.24) is 4.31 Å². The molecule has 1 saturated heterocycles. The summed E-state index contributed by atoms with van der Waals surface area (Å²) in [7, 11) is -3.50. The van der Waals surface area contributed by atoms with Gasteiger partial charge in [-0.15, -0.1) is 0 Å². The standard InChI is InChI=1S/C19H22N2O4S/c1-15-5-2-3-13-21(15)26(23,24)18-10-7-16(8-11-18)20-19(22)12-9-17-6-4-14-25-17/h4,6-12,14-15H,2-3,5,13H2,1H3,(H,20,22). The summed E-state index contributed by atoms with van der Waals surface area (Å²) < 4.78 is 32.2. The number of benzene rings is 1. The molecule has 3 rings (SSSR count). The van der Waals surface area contributed by atoms with Crippen LogP contribution in [0, 0.1) is 0 Å². The average Bonchev–Trinajstić information content (AvgIpc) is 3.14. The molecule has 1 aromatic carbocycles. The van der Waals surface area contributed by atoms with Crippen molar-refractivity contribution >= 4 is 27.7 Å². The number of carbonyl (C=O) groups excluding carboxylic acids is 1. The van der Waals surface area contributed by atoms with E-state index >= 15 is 0 Å². The number of sulfonamides is 1. The molecule has 26 heavy (non-hydrogen) atoms. The van der Waals surface area contributed by atoms with E-state index < -0.39 is 10.0 Å². The van der Waals surface area contributed by atoms with E-state index in [1.165, 1.54) is 24.5 Å². The Hall–Kier alpha value is -2.38. The number of carbonyl (C=O) groups is 1. The molecule has 7 heteroatoms. The molecular formula is C19H22N2O4S. The van der Waals surface area contributed by atoms with Gasteiger partial charge in [0.25, 0.3) is 0 Å². The average molecular weight is 374 g/mol. The highest BCUT2D eigenvalue weighted by Gasteiger charge is 2.30. The van der Waals surface area contributed by atoms with Crippen LogP contribution in [-0.4, -0.2) is 31.2 Å². The van der Waals surface area contributed by atoms with Crippen molar-refractivity contribution in [1.29, 1.82) is 0 Å². The summed E-state index contributed by atoms with van der Waals surface area (Å²) in [4.78, 5) is 12.2. The van der Waals surface area contributed by atoms with Crippen LogP contribution >= 0.6 is 0 Å². The molecule has 1 N–H and O–H groups in total. The lowest BCUT2D eigenvalue weighted by molar-refractivity contribution is -0.111. The first-order valence-corrected chi connectivity index (χ1v) is 10.1. The van der Waals surface area contributed by atoms with Gasteiger partial charge in [-0.2, -0.15) is 4.31 Å². The molecule has 0 radical (unpaired) electrons. The van der Waals surface area contributed by atoms with E-state index in [9.17, 15) is 13.2 Å². The third kappa shape index (κ3) is 4.23. The van der Waals surface area contributed by atoms with Crippen LogP contribution in [0.3, 0.4) is 0 Å². The zero-order chi connectivity index (χ0) is 18.6. The van der Waals surface area contributed by atoms with Crippen molar-refractivity contribution in [3.8, 4) is 0 Å². The lowest BCUT2D eigenvalue weighted by atomic mass is 10.1. The fraction of sp³-hybridized carbons (Fsp3) is 0.316. The maximum Gasteiger partial charge on any atom is 0.248 e. The van der Waals surface area contributed by atoms with Gasteiger partial charge in [-0.1, -0.05) is 6.42 Å². The summed E-state index contributed by atoms with van der Waals surface area (Å²) in [6.45, 7) is 2.50. The van der Waals surface area contributed by atoms with Crippen LogP contribution in [0.4, 0.5) is 5.69 Å². The molecule has 6 nitrogen and oxygen atoms in total. The Morgan fingerprint density at radius 2 is 2.00 bits per heavy atom. The van der Waals surface area contributed by atoms with Gasteiger partial charge in [-0.25, -0.2) is 8.42 Å². The number of rotatable bonds is 5. The molecule has 0 aliphatic carbocycles. The van der Waals surface area contributed by atoms with Crippen molar-refractivity contribution in [3.63, 3.8) is 0 Å². The van der Waals surface area contributed by atoms with E-state index in [2.05, 4.69) is 5.32 Å². The minimum Gasteiger partial charge on any atom is -0.465 e. The summed E-state index contributed by atoms with van der Waals surface area (Å²) in [5, 5.41) is 2.70. The first-order valence-electron chi connectivity index (χ1n) is 8.61. The molecule has 1 atom stereocenters. The van der Waals surface area contributed by atoms with Crippen LogP contribution in [0.25, 0.3) is 6.08 Å². The second-order valence-corrected chi connectivity index (χ2v) is 8.21. The first-order chi connectivity index (χ1) is 12.5. The van der Waals surface area contributed by atoms with Gasteiger partial charge in [-0.3, -0.25) is 4.79 Å². The third-order valence-electron chi connectivity index (χ3n) is 4.41. The molecule has 0 spiro atoms. The molecule has 0 bridgehead atoms. The summed E-state index contributed by atoms with van der Waals surface area (Å²) in [5.41, 5.74) is 0.532. The number of hydrogen-bond donors (Lipinski definition) is 1. The molecule has 1 amide bonds. The number of furan rings is 1. The van der Waals surface area contributed by atoms with Gasteiger partial charge in [-0.05, 0) is 62.2 Å². The van der Waals surface area contributed by atoms with E-state index in [-0.39, 0.29) is 16.8 Å². The molecule has 1 aromatic heterocycles. The maximum absolute atomic E-state index is 12.8. The van der Waals surface area contributed by atoms with Crippen LogP contribution in [0.15, 0.2) is 58.1 Å². The van der Waals surface area contributed by atoms with E-state index in [1.807, 2.05) is 6.92 Å². The topological polar surface area (TPSA) is 79.6 Å². The summed E-state index contributed by atoms with van der Waals surface area (Å²) in [6, 6.07) is 9.75. The van der Waals surface area contributed by atoms with E-state index in [4.69, 9.17) is 4.42 Å². The van der Waals surface area contributed by atoms with Crippen LogP contribution in [-0.2, 0) is 14.8 Å². The summed E-state index contributed by atoms with van der Waals surface area (Å²) in [5.74, 6) is 0.263. The fourth-order valence-corrected chi connectivity index (χ4v) is 4.70. The van der Waals surface area contributed by atoms with Gasteiger partial charge in [0.05, 0.1) is 11.2 Å². The lowest BCUT2D eigenvalue weighted by Crippen LogP contribution is -2.41. The van der Waals surface area contributed by atoms with E-state index in [0.29, 0.717) is 18.0 Å². The van der Waals surface area contributed by atoms with Gasteiger partial charge in [0.1, 0.15) is 5.76 Å². The van der Waals surface area contributed by atoms with Gasteiger partial charge >= 0.3 is 0 Å². The Balaban J connectivity index is 1.67. The van der Waals surface area contributed by atoms with Crippen LogP contribution in [0.5, 0.6) is 0 Å². The molecule has 1 fully saturated rings. The highest BCUT2D eigenvalue weighted by Crippen LogP contribution is 2.25. The number of anilines is 1. The minimum absolute atomic E-state index is 0.0138. The largest absolute Gasteiger partial charge is 0.465 e. The van der Waals surface area contributed by atoms with Gasteiger partial charge in [0.15, 0.2) is 0 Å². The maximum atomic E-state index is 12.8. The van der Waals surface area contributed by atoms with Gasteiger partial charge in [0, 0.05) is 24.4 Å². The number of nitrogens with zero attached hydrogens (tertiary/aromatic N) is 1. The first kappa shape index (κ1) is 18.4. The Kier molecular flexibility index (Phi) is 5.58. The SMILES string of the molecule is CC1CCCCN1S(=O)(=O)c1ccc(NC(=O)C=Cc2ccco2)cc1. The molecule has 2 heterocycles. The molecule has 1 unspecified atom stereocenters. The van der Waals surface area contributed by atoms with E-state index in [1.54, 1.807) is 34.6 Å². The molecule has 1 aliphatic rings. The molecule has 2 aromatic rings. The quantitative estimate of drug-likeness (QED) is 0.813. The highest BCUT2D eigenvalue weighted by atomic mass is 32.2. The predicted octanol–water partition coefficient (Wildman–Crippen LogP) is 3.49. The predicted molar refractivity (Wildman–Crippen MR) is 100 cm³/mol. The molecule has 0 saturated carbocycles. The van der Waals surface area contributed by atoms with Crippen molar-refractivity contribution < 1.29 is 17.6 Å². The van der Waals surface area contributed by atoms with Crippen molar-refractivity contribution in [3.05, 3.63) is 54.5 Å². The van der Waals surface area contributed by atoms with Crippen LogP contribution in [0.2, 0.25) is 0 Å². The number of hydrogen-bond acceptors (Lipinski definition) is 4. The van der Waals surface area contributed by atoms with Crippen LogP contribution < -0.4 is 5.32 Å². The van der Waals surface area contributed by atoms with Crippen molar-refractivity contribution in [2.24, 2.45) is 0 Å². The van der Waals surface area contributed by atoms with E-state index in [0.717, 1.165) is 19.3 Å². The zero-order valence-corrected chi connectivity index (χ0v) is 15.4. The summed E-state index contributed by atoms with van der Waals surface area (Å²) in [6.07, 6.45) is 7.28. The Bertz CT molecular complexity index is 871. The zero-order valence-electron chi connectivity index (χ0n) is 14.6. The number of piperidine rings is 1. The second kappa shape index (κ2) is 7.88. The van der Waals surface area contributed by atoms with Crippen molar-refractivity contribution in [2.75, 3.05) is 11.9 Å². The van der Waals surface area contributed by atoms with Gasteiger partial charge in [0.2, 0.25) is 15.9 Å².